The maximum absolute atomic E-state index is 5.95. The maximum Gasteiger partial charge on any atom is 0.145 e. The highest BCUT2D eigenvalue weighted by atomic mass is 15.3. The van der Waals surface area contributed by atoms with Gasteiger partial charge in [0, 0.05) is 40.6 Å². The number of nitrogens with one attached hydrogen (secondary N) is 2. The van der Waals surface area contributed by atoms with E-state index in [1.807, 2.05) is 105 Å². The molecule has 0 spiro atoms. The molecule has 1 aliphatic carbocycles. The van der Waals surface area contributed by atoms with E-state index < -0.39 is 0 Å². The molecule has 1 aliphatic heterocycles. The Balaban J connectivity index is 1.47. The Labute approximate surface area is 337 Å². The zero-order valence-corrected chi connectivity index (χ0v) is 32.7. The molecule has 2 heterocycles. The van der Waals surface area contributed by atoms with E-state index in [0.717, 1.165) is 86.5 Å². The largest absolute Gasteiger partial charge is 0.405 e. The summed E-state index contributed by atoms with van der Waals surface area (Å²) in [5.41, 5.74) is 15.9. The Morgan fingerprint density at radius 1 is 0.895 bits per heavy atom. The molecule has 0 fully saturated rings. The normalized spacial score (nSPS) is 15.5. The Bertz CT molecular complexity index is 2310. The van der Waals surface area contributed by atoms with Gasteiger partial charge in [0.15, 0.2) is 0 Å². The number of nitrogens with zero attached hydrogens (tertiary/aromatic N) is 5. The molecule has 0 amide bonds. The molecule has 1 aromatic heterocycles. The number of fused-ring (bicyclic) bond motifs is 1. The smallest absolute Gasteiger partial charge is 0.145 e. The summed E-state index contributed by atoms with van der Waals surface area (Å²) >= 11 is 0. The summed E-state index contributed by atoms with van der Waals surface area (Å²) in [5, 5.41) is 7.28. The lowest BCUT2D eigenvalue weighted by Crippen LogP contribution is -2.32. The molecule has 0 bridgehead atoms. The summed E-state index contributed by atoms with van der Waals surface area (Å²) in [6.07, 6.45) is 25.1. The first-order valence-corrected chi connectivity index (χ1v) is 19.1. The summed E-state index contributed by atoms with van der Waals surface area (Å²) in [5.74, 6) is 1.54. The van der Waals surface area contributed by atoms with Gasteiger partial charge in [0.05, 0.1) is 23.6 Å². The molecule has 0 saturated carbocycles. The predicted octanol–water partition coefficient (Wildman–Crippen LogP) is 10.7. The van der Waals surface area contributed by atoms with E-state index in [-0.39, 0.29) is 6.17 Å². The fourth-order valence-electron chi connectivity index (χ4n) is 6.70. The molecule has 1 atom stereocenters. The molecule has 8 heteroatoms. The molecule has 2 aliphatic rings. The van der Waals surface area contributed by atoms with Crippen LogP contribution in [0.3, 0.4) is 0 Å². The number of amidine groups is 1. The Morgan fingerprint density at radius 2 is 1.63 bits per heavy atom. The van der Waals surface area contributed by atoms with Gasteiger partial charge in [-0.05, 0) is 92.7 Å². The van der Waals surface area contributed by atoms with Gasteiger partial charge < -0.3 is 21.3 Å². The number of hydrogen-bond donors (Lipinski definition) is 3. The third-order valence-corrected chi connectivity index (χ3v) is 9.53. The number of hydrogen-bond acceptors (Lipinski definition) is 7. The molecule has 4 aromatic rings. The molecule has 57 heavy (non-hydrogen) atoms. The number of aromatic nitrogens is 1. The van der Waals surface area contributed by atoms with Crippen molar-refractivity contribution >= 4 is 35.3 Å². The van der Waals surface area contributed by atoms with Crippen LogP contribution in [0.15, 0.2) is 216 Å². The average Bonchev–Trinajstić information content (AvgIpc) is 3.36. The van der Waals surface area contributed by atoms with Gasteiger partial charge >= 0.3 is 0 Å². The predicted molar refractivity (Wildman–Crippen MR) is 241 cm³/mol. The van der Waals surface area contributed by atoms with E-state index in [0.29, 0.717) is 6.54 Å². The van der Waals surface area contributed by atoms with Gasteiger partial charge in [-0.3, -0.25) is 19.9 Å². The van der Waals surface area contributed by atoms with Crippen LogP contribution in [-0.4, -0.2) is 17.5 Å². The van der Waals surface area contributed by atoms with Crippen LogP contribution in [0.4, 0.5) is 17.1 Å². The monoisotopic (exact) mass is 750 g/mol. The average molecular weight is 751 g/mol. The molecule has 0 saturated heterocycles. The standard InChI is InChI=1S/C49H50N8/c1-6-8-11-18-36(3)46-49(54-41(7-2)29-32-50)57(43-30-33-52-34-31-43)45-24-17-16-23-44(45)37(4)56(46)42-27-25-38(26-28-42)35-53-48(40-21-14-10-15-22-40)55-47(51-5)39-19-12-9-13-20-39/h6-9,11-14,16-34,47,54H,3-5,10,15,35,50H2,1-2H3,(H,53,55)/b8-6-,18-11-,32-29-,41-7+. The number of rotatable bonds is 14. The van der Waals surface area contributed by atoms with Crippen molar-refractivity contribution in [2.75, 3.05) is 9.80 Å². The van der Waals surface area contributed by atoms with Gasteiger partial charge in [0.1, 0.15) is 17.8 Å². The van der Waals surface area contributed by atoms with Gasteiger partial charge in [-0.25, -0.2) is 0 Å². The first kappa shape index (κ1) is 39.5. The molecule has 4 N–H and O–H groups in total. The van der Waals surface area contributed by atoms with E-state index >= 15 is 0 Å². The van der Waals surface area contributed by atoms with Crippen molar-refractivity contribution in [2.24, 2.45) is 15.7 Å². The van der Waals surface area contributed by atoms with Crippen LogP contribution in [0.2, 0.25) is 0 Å². The lowest BCUT2D eigenvalue weighted by Gasteiger charge is -2.33. The highest BCUT2D eigenvalue weighted by Crippen LogP contribution is 2.45. The van der Waals surface area contributed by atoms with Crippen LogP contribution in [-0.2, 0) is 6.54 Å². The zero-order valence-electron chi connectivity index (χ0n) is 32.7. The SMILES string of the molecule is C=NC(NC(=NCc1ccc(N2C(=C)c3ccccc3N(c3ccncc3)C(NC(/C=C\N)=C/C)=C2C(=C)/C=C\C=C/C)cc1)C1=CCCC=C1)c1ccccc1. The van der Waals surface area contributed by atoms with Crippen molar-refractivity contribution in [3.05, 3.63) is 222 Å². The topological polar surface area (TPSA) is 94.2 Å². The van der Waals surface area contributed by atoms with Crippen LogP contribution in [0.25, 0.3) is 5.70 Å². The molecule has 6 rings (SSSR count). The fraction of sp³-hybridized carbons (Fsp3) is 0.122. The Hall–Kier alpha value is -7.19. The minimum Gasteiger partial charge on any atom is -0.405 e. The molecular weight excluding hydrogens is 701 g/mol. The minimum absolute atomic E-state index is 0.335. The van der Waals surface area contributed by atoms with Crippen LogP contribution in [0.5, 0.6) is 0 Å². The summed E-state index contributed by atoms with van der Waals surface area (Å²) in [6, 6.07) is 30.8. The minimum atomic E-state index is -0.335. The van der Waals surface area contributed by atoms with Crippen molar-refractivity contribution in [2.45, 2.75) is 39.4 Å². The van der Waals surface area contributed by atoms with Crippen molar-refractivity contribution in [1.82, 2.24) is 15.6 Å². The van der Waals surface area contributed by atoms with E-state index in [1.165, 1.54) is 6.20 Å². The second kappa shape index (κ2) is 19.4. The van der Waals surface area contributed by atoms with Crippen molar-refractivity contribution in [3.63, 3.8) is 0 Å². The van der Waals surface area contributed by atoms with E-state index in [4.69, 9.17) is 17.3 Å². The first-order valence-electron chi connectivity index (χ1n) is 19.1. The number of para-hydroxylation sites is 1. The van der Waals surface area contributed by atoms with Crippen LogP contribution < -0.4 is 26.2 Å². The second-order valence-corrected chi connectivity index (χ2v) is 13.3. The van der Waals surface area contributed by atoms with Crippen LogP contribution >= 0.6 is 0 Å². The number of anilines is 3. The first-order chi connectivity index (χ1) is 28.0. The summed E-state index contributed by atoms with van der Waals surface area (Å²) in [7, 11) is 0. The van der Waals surface area contributed by atoms with E-state index in [2.05, 4.69) is 98.3 Å². The summed E-state index contributed by atoms with van der Waals surface area (Å²) in [4.78, 5) is 18.2. The lowest BCUT2D eigenvalue weighted by molar-refractivity contribution is 0.686. The lowest BCUT2D eigenvalue weighted by atomic mass is 10.0. The highest BCUT2D eigenvalue weighted by Gasteiger charge is 2.33. The summed E-state index contributed by atoms with van der Waals surface area (Å²) in [6.45, 7) is 17.7. The van der Waals surface area contributed by atoms with Crippen molar-refractivity contribution in [3.8, 4) is 0 Å². The molecule has 0 radical (unpaired) electrons. The molecule has 1 unspecified atom stereocenters. The highest BCUT2D eigenvalue weighted by molar-refractivity contribution is 6.01. The Morgan fingerprint density at radius 3 is 2.32 bits per heavy atom. The van der Waals surface area contributed by atoms with E-state index in [9.17, 15) is 0 Å². The number of allylic oxidation sites excluding steroid dienone is 8. The van der Waals surface area contributed by atoms with Gasteiger partial charge in [-0.1, -0.05) is 122 Å². The quantitative estimate of drug-likeness (QED) is 0.0675. The molecule has 8 nitrogen and oxygen atoms in total. The second-order valence-electron chi connectivity index (χ2n) is 13.3. The van der Waals surface area contributed by atoms with Crippen LogP contribution in [0.1, 0.15) is 49.5 Å². The molecular formula is C49H50N8. The van der Waals surface area contributed by atoms with Gasteiger partial charge in [-0.15, -0.1) is 0 Å². The van der Waals surface area contributed by atoms with Crippen molar-refractivity contribution in [1.29, 1.82) is 0 Å². The van der Waals surface area contributed by atoms with Gasteiger partial charge in [-0.2, -0.15) is 0 Å². The number of nitrogens with two attached hydrogens (primary N) is 1. The zero-order chi connectivity index (χ0) is 40.0. The Kier molecular flexibility index (Phi) is 13.5. The fourth-order valence-corrected chi connectivity index (χ4v) is 6.70. The third kappa shape index (κ3) is 9.37. The summed E-state index contributed by atoms with van der Waals surface area (Å²) < 4.78 is 0. The molecule has 3 aromatic carbocycles. The third-order valence-electron chi connectivity index (χ3n) is 9.53. The van der Waals surface area contributed by atoms with Gasteiger partial charge in [0.25, 0.3) is 0 Å². The van der Waals surface area contributed by atoms with Crippen molar-refractivity contribution < 1.29 is 0 Å². The number of aliphatic imine (C=N–C) groups is 2. The maximum atomic E-state index is 5.95. The van der Waals surface area contributed by atoms with Crippen LogP contribution in [0, 0.1) is 0 Å². The number of benzene rings is 3. The van der Waals surface area contributed by atoms with Gasteiger partial charge in [0.2, 0.25) is 0 Å². The molecule has 286 valence electrons. The number of pyridine rings is 1. The van der Waals surface area contributed by atoms with E-state index in [1.54, 1.807) is 12.4 Å².